The summed E-state index contributed by atoms with van der Waals surface area (Å²) in [6.45, 7) is 1.92. The van der Waals surface area contributed by atoms with E-state index < -0.39 is 0 Å². The molecule has 2 rings (SSSR count). The number of aryl methyl sites for hydroxylation is 1. The Morgan fingerprint density at radius 1 is 1.33 bits per heavy atom. The highest BCUT2D eigenvalue weighted by molar-refractivity contribution is 6.31. The smallest absolute Gasteiger partial charge is 0.124 e. The van der Waals surface area contributed by atoms with Gasteiger partial charge < -0.3 is 5.73 Å². The van der Waals surface area contributed by atoms with E-state index in [1.54, 1.807) is 12.3 Å². The van der Waals surface area contributed by atoms with Crippen LogP contribution in [0.25, 0.3) is 0 Å². The van der Waals surface area contributed by atoms with E-state index >= 15 is 0 Å². The summed E-state index contributed by atoms with van der Waals surface area (Å²) in [5.41, 5.74) is 8.90. The Bertz CT molecular complexity index is 557. The van der Waals surface area contributed by atoms with Crippen molar-refractivity contribution in [3.8, 4) is 0 Å². The minimum absolute atomic E-state index is 0.172. The minimum Gasteiger partial charge on any atom is -0.324 e. The summed E-state index contributed by atoms with van der Waals surface area (Å²) in [7, 11) is 0. The summed E-state index contributed by atoms with van der Waals surface area (Å²) in [5.74, 6) is -0.336. The Morgan fingerprint density at radius 3 is 2.78 bits per heavy atom. The van der Waals surface area contributed by atoms with Gasteiger partial charge in [0, 0.05) is 23.0 Å². The van der Waals surface area contributed by atoms with Crippen molar-refractivity contribution in [1.29, 1.82) is 0 Å². The third kappa shape index (κ3) is 3.06. The summed E-state index contributed by atoms with van der Waals surface area (Å²) in [6.07, 6.45) is 2.30. The van der Waals surface area contributed by atoms with Crippen molar-refractivity contribution >= 4 is 11.6 Å². The van der Waals surface area contributed by atoms with Gasteiger partial charge >= 0.3 is 0 Å². The monoisotopic (exact) mass is 264 g/mol. The van der Waals surface area contributed by atoms with Crippen LogP contribution in [0.3, 0.4) is 0 Å². The van der Waals surface area contributed by atoms with Gasteiger partial charge in [0.05, 0.1) is 0 Å². The van der Waals surface area contributed by atoms with Crippen LogP contribution in [0.4, 0.5) is 4.39 Å². The van der Waals surface area contributed by atoms with Gasteiger partial charge in [-0.25, -0.2) is 4.39 Å². The van der Waals surface area contributed by atoms with Crippen LogP contribution < -0.4 is 5.73 Å². The van der Waals surface area contributed by atoms with E-state index in [4.69, 9.17) is 17.3 Å². The molecular formula is C14H14ClFN2. The minimum atomic E-state index is -0.336. The lowest BCUT2D eigenvalue weighted by Crippen LogP contribution is -2.14. The largest absolute Gasteiger partial charge is 0.324 e. The molecule has 4 heteroatoms. The number of rotatable bonds is 3. The zero-order chi connectivity index (χ0) is 13.1. The van der Waals surface area contributed by atoms with Gasteiger partial charge in [0.25, 0.3) is 0 Å². The molecule has 0 saturated heterocycles. The lowest BCUT2D eigenvalue weighted by Gasteiger charge is -2.13. The molecule has 0 saturated carbocycles. The van der Waals surface area contributed by atoms with Crippen molar-refractivity contribution in [2.45, 2.75) is 19.4 Å². The quantitative estimate of drug-likeness (QED) is 0.923. The van der Waals surface area contributed by atoms with E-state index in [-0.39, 0.29) is 11.9 Å². The molecule has 0 aliphatic rings. The molecule has 94 valence electrons. The molecule has 0 bridgehead atoms. The number of halogens is 2. The summed E-state index contributed by atoms with van der Waals surface area (Å²) in [4.78, 5) is 4.13. The molecule has 1 unspecified atom stereocenters. The van der Waals surface area contributed by atoms with Crippen molar-refractivity contribution < 1.29 is 4.39 Å². The second kappa shape index (κ2) is 5.46. The first kappa shape index (κ1) is 13.0. The topological polar surface area (TPSA) is 38.9 Å². The summed E-state index contributed by atoms with van der Waals surface area (Å²) >= 11 is 5.98. The van der Waals surface area contributed by atoms with Crippen LogP contribution in [0.5, 0.6) is 0 Å². The van der Waals surface area contributed by atoms with Crippen molar-refractivity contribution in [3.63, 3.8) is 0 Å². The fourth-order valence-electron chi connectivity index (χ4n) is 1.84. The highest BCUT2D eigenvalue weighted by atomic mass is 35.5. The maximum Gasteiger partial charge on any atom is 0.124 e. The van der Waals surface area contributed by atoms with E-state index in [0.717, 1.165) is 16.8 Å². The standard InChI is InChI=1S/C14H14ClFN2/c1-9-6-11(4-5-18-9)14(17)7-10-2-3-12(16)8-13(10)15/h2-6,8,14H,7,17H2,1H3. The Morgan fingerprint density at radius 2 is 2.11 bits per heavy atom. The number of hydrogen-bond acceptors (Lipinski definition) is 2. The zero-order valence-corrected chi connectivity index (χ0v) is 10.8. The Labute approximate surface area is 111 Å². The van der Waals surface area contributed by atoms with E-state index in [1.807, 2.05) is 19.1 Å². The molecule has 2 N–H and O–H groups in total. The predicted molar refractivity (Wildman–Crippen MR) is 71.0 cm³/mol. The number of nitrogens with zero attached hydrogens (tertiary/aromatic N) is 1. The maximum absolute atomic E-state index is 12.9. The van der Waals surface area contributed by atoms with Gasteiger partial charge in [0.15, 0.2) is 0 Å². The van der Waals surface area contributed by atoms with Crippen molar-refractivity contribution in [2.75, 3.05) is 0 Å². The van der Waals surface area contributed by atoms with Gasteiger partial charge in [-0.15, -0.1) is 0 Å². The molecule has 18 heavy (non-hydrogen) atoms. The third-order valence-corrected chi connectivity index (χ3v) is 3.16. The molecule has 0 aliphatic carbocycles. The molecule has 2 nitrogen and oxygen atoms in total. The van der Waals surface area contributed by atoms with E-state index in [9.17, 15) is 4.39 Å². The molecule has 1 heterocycles. The normalized spacial score (nSPS) is 12.4. The lowest BCUT2D eigenvalue weighted by atomic mass is 10.00. The molecule has 0 amide bonds. The maximum atomic E-state index is 12.9. The van der Waals surface area contributed by atoms with Crippen LogP contribution in [0.15, 0.2) is 36.5 Å². The zero-order valence-electron chi connectivity index (χ0n) is 10.0. The SMILES string of the molecule is Cc1cc(C(N)Cc2ccc(F)cc2Cl)ccn1. The lowest BCUT2D eigenvalue weighted by molar-refractivity contribution is 0.625. The Hall–Kier alpha value is -1.45. The highest BCUT2D eigenvalue weighted by Crippen LogP contribution is 2.23. The molecule has 1 atom stereocenters. The van der Waals surface area contributed by atoms with E-state index in [2.05, 4.69) is 4.98 Å². The first-order valence-corrected chi connectivity index (χ1v) is 6.06. The number of aromatic nitrogens is 1. The summed E-state index contributed by atoms with van der Waals surface area (Å²) < 4.78 is 12.9. The first-order chi connectivity index (χ1) is 8.56. The van der Waals surface area contributed by atoms with Gasteiger partial charge in [-0.3, -0.25) is 4.98 Å². The van der Waals surface area contributed by atoms with Gasteiger partial charge in [-0.2, -0.15) is 0 Å². The molecule has 2 aromatic rings. The Kier molecular flexibility index (Phi) is 3.94. The van der Waals surface area contributed by atoms with Crippen LogP contribution in [-0.2, 0) is 6.42 Å². The molecular weight excluding hydrogens is 251 g/mol. The van der Waals surface area contributed by atoms with Crippen LogP contribution in [0, 0.1) is 12.7 Å². The highest BCUT2D eigenvalue weighted by Gasteiger charge is 2.10. The van der Waals surface area contributed by atoms with E-state index in [1.165, 1.54) is 12.1 Å². The van der Waals surface area contributed by atoms with Gasteiger partial charge in [0.2, 0.25) is 0 Å². The number of hydrogen-bond donors (Lipinski definition) is 1. The molecule has 1 aromatic carbocycles. The molecule has 0 fully saturated rings. The molecule has 0 spiro atoms. The molecule has 0 radical (unpaired) electrons. The van der Waals surface area contributed by atoms with Gasteiger partial charge in [-0.05, 0) is 48.7 Å². The van der Waals surface area contributed by atoms with Crippen molar-refractivity contribution in [2.24, 2.45) is 5.73 Å². The van der Waals surface area contributed by atoms with Crippen LogP contribution >= 0.6 is 11.6 Å². The average Bonchev–Trinajstić information content (AvgIpc) is 2.32. The fourth-order valence-corrected chi connectivity index (χ4v) is 2.08. The second-order valence-electron chi connectivity index (χ2n) is 4.28. The van der Waals surface area contributed by atoms with Crippen molar-refractivity contribution in [3.05, 3.63) is 64.2 Å². The number of pyridine rings is 1. The summed E-state index contributed by atoms with van der Waals surface area (Å²) in [5, 5.41) is 0.413. The fraction of sp³-hybridized carbons (Fsp3) is 0.214. The van der Waals surface area contributed by atoms with Crippen molar-refractivity contribution in [1.82, 2.24) is 4.98 Å². The van der Waals surface area contributed by atoms with Crippen LogP contribution in [0.2, 0.25) is 5.02 Å². The van der Waals surface area contributed by atoms with Gasteiger partial charge in [0.1, 0.15) is 5.82 Å². The molecule has 0 aliphatic heterocycles. The number of benzene rings is 1. The van der Waals surface area contributed by atoms with Gasteiger partial charge in [-0.1, -0.05) is 17.7 Å². The predicted octanol–water partition coefficient (Wildman–Crippen LogP) is 3.43. The second-order valence-corrected chi connectivity index (χ2v) is 4.68. The third-order valence-electron chi connectivity index (χ3n) is 2.80. The van der Waals surface area contributed by atoms with E-state index in [0.29, 0.717) is 11.4 Å². The van der Waals surface area contributed by atoms with Crippen LogP contribution in [0.1, 0.15) is 22.9 Å². The van der Waals surface area contributed by atoms with Crippen LogP contribution in [-0.4, -0.2) is 4.98 Å². The molecule has 1 aromatic heterocycles. The number of nitrogens with two attached hydrogens (primary N) is 1. The first-order valence-electron chi connectivity index (χ1n) is 5.68. The summed E-state index contributed by atoms with van der Waals surface area (Å²) in [6, 6.07) is 8.03. The Balaban J connectivity index is 2.18. The average molecular weight is 265 g/mol.